The fraction of sp³-hybridized carbons (Fsp3) is 0.167. The Bertz CT molecular complexity index is 961. The van der Waals surface area contributed by atoms with Crippen molar-refractivity contribution in [3.8, 4) is 0 Å². The van der Waals surface area contributed by atoms with Gasteiger partial charge in [-0.25, -0.2) is 9.98 Å². The summed E-state index contributed by atoms with van der Waals surface area (Å²) in [7, 11) is 0. The highest BCUT2D eigenvalue weighted by molar-refractivity contribution is 5.93. The van der Waals surface area contributed by atoms with Crippen LogP contribution in [0.5, 0.6) is 0 Å². The zero-order valence-electron chi connectivity index (χ0n) is 13.6. The smallest absolute Gasteiger partial charge is 0.257 e. The molecule has 0 saturated heterocycles. The molecule has 1 aliphatic heterocycles. The van der Waals surface area contributed by atoms with Gasteiger partial charge in [0.2, 0.25) is 5.95 Å². The lowest BCUT2D eigenvalue weighted by Crippen LogP contribution is -2.48. The van der Waals surface area contributed by atoms with Gasteiger partial charge in [-0.1, -0.05) is 30.3 Å². The number of hydrogen-bond acceptors (Lipinski definition) is 4. The maximum Gasteiger partial charge on any atom is 0.257 e. The standard InChI is InChI=1S/C18H17N5O2/c1-12-10-15(24)23-16(13-6-3-2-4-7-13)21-17(22-18(23)20-12)19-11-14-8-5-9-25-14/h2-10,16H,11H2,1H3,(H2,19,20,21,22)/t16-/m0/s1. The van der Waals surface area contributed by atoms with Crippen LogP contribution in [0.3, 0.4) is 0 Å². The predicted molar refractivity (Wildman–Crippen MR) is 94.4 cm³/mol. The summed E-state index contributed by atoms with van der Waals surface area (Å²) in [5.74, 6) is 1.77. The Balaban J connectivity index is 1.75. The van der Waals surface area contributed by atoms with E-state index in [0.717, 1.165) is 11.3 Å². The van der Waals surface area contributed by atoms with E-state index in [0.29, 0.717) is 24.1 Å². The molecular weight excluding hydrogens is 318 g/mol. The van der Waals surface area contributed by atoms with E-state index in [9.17, 15) is 4.79 Å². The normalized spacial score (nSPS) is 17.6. The van der Waals surface area contributed by atoms with Gasteiger partial charge in [0.15, 0.2) is 5.96 Å². The van der Waals surface area contributed by atoms with Crippen molar-refractivity contribution in [2.45, 2.75) is 19.6 Å². The molecule has 0 unspecified atom stereocenters. The molecule has 25 heavy (non-hydrogen) atoms. The lowest BCUT2D eigenvalue weighted by Gasteiger charge is -2.30. The zero-order valence-corrected chi connectivity index (χ0v) is 13.6. The highest BCUT2D eigenvalue weighted by Gasteiger charge is 2.26. The van der Waals surface area contributed by atoms with Crippen molar-refractivity contribution in [3.05, 3.63) is 82.2 Å². The molecule has 3 heterocycles. The molecule has 7 heteroatoms. The van der Waals surface area contributed by atoms with E-state index in [4.69, 9.17) is 4.42 Å². The Hall–Kier alpha value is -3.35. The third-order valence-electron chi connectivity index (χ3n) is 3.93. The molecule has 126 valence electrons. The molecule has 0 amide bonds. The Morgan fingerprint density at radius 3 is 2.84 bits per heavy atom. The lowest BCUT2D eigenvalue weighted by atomic mass is 10.1. The monoisotopic (exact) mass is 335 g/mol. The maximum atomic E-state index is 12.5. The molecule has 1 atom stereocenters. The second-order valence-corrected chi connectivity index (χ2v) is 5.76. The first-order chi connectivity index (χ1) is 12.2. The van der Waals surface area contributed by atoms with Crippen LogP contribution in [0.15, 0.2) is 69.0 Å². The number of furan rings is 1. The van der Waals surface area contributed by atoms with E-state index >= 15 is 0 Å². The molecule has 3 aromatic rings. The highest BCUT2D eigenvalue weighted by atomic mass is 16.3. The third-order valence-corrected chi connectivity index (χ3v) is 3.93. The van der Waals surface area contributed by atoms with Crippen LogP contribution in [0.1, 0.15) is 23.2 Å². The van der Waals surface area contributed by atoms with Gasteiger partial charge in [0.05, 0.1) is 6.26 Å². The number of nitrogens with one attached hydrogen (secondary N) is 2. The van der Waals surface area contributed by atoms with E-state index in [-0.39, 0.29) is 11.7 Å². The number of hydrogen-bond donors (Lipinski definition) is 2. The second-order valence-electron chi connectivity index (χ2n) is 5.76. The first kappa shape index (κ1) is 15.2. The van der Waals surface area contributed by atoms with Gasteiger partial charge in [-0.3, -0.25) is 14.7 Å². The van der Waals surface area contributed by atoms with Crippen molar-refractivity contribution in [2.24, 2.45) is 4.99 Å². The number of benzene rings is 1. The van der Waals surface area contributed by atoms with Crippen molar-refractivity contribution in [1.82, 2.24) is 14.9 Å². The van der Waals surface area contributed by atoms with Crippen LogP contribution in [0, 0.1) is 6.92 Å². The van der Waals surface area contributed by atoms with Crippen LogP contribution in [-0.4, -0.2) is 15.5 Å². The Kier molecular flexibility index (Phi) is 3.81. The molecule has 7 nitrogen and oxygen atoms in total. The predicted octanol–water partition coefficient (Wildman–Crippen LogP) is 2.26. The minimum atomic E-state index is -0.381. The van der Waals surface area contributed by atoms with Gasteiger partial charge in [0.25, 0.3) is 5.56 Å². The molecule has 2 aromatic heterocycles. The number of fused-ring (bicyclic) bond motifs is 1. The number of nitrogens with zero attached hydrogens (tertiary/aromatic N) is 3. The van der Waals surface area contributed by atoms with Crippen molar-refractivity contribution >= 4 is 11.9 Å². The molecule has 0 saturated carbocycles. The fourth-order valence-electron chi connectivity index (χ4n) is 2.79. The number of aromatic nitrogens is 2. The van der Waals surface area contributed by atoms with Crippen LogP contribution in [0.4, 0.5) is 5.95 Å². The quantitative estimate of drug-likeness (QED) is 0.767. The average Bonchev–Trinajstić information content (AvgIpc) is 3.13. The fourth-order valence-corrected chi connectivity index (χ4v) is 2.79. The Labute approximate surface area is 144 Å². The van der Waals surface area contributed by atoms with Crippen molar-refractivity contribution < 1.29 is 4.42 Å². The highest BCUT2D eigenvalue weighted by Crippen LogP contribution is 2.21. The van der Waals surface area contributed by atoms with E-state index in [1.54, 1.807) is 17.8 Å². The van der Waals surface area contributed by atoms with Crippen LogP contribution in [-0.2, 0) is 6.54 Å². The van der Waals surface area contributed by atoms with Gasteiger partial charge in [0, 0.05) is 11.8 Å². The number of rotatable bonds is 3. The molecule has 0 spiro atoms. The van der Waals surface area contributed by atoms with Crippen LogP contribution in [0.25, 0.3) is 0 Å². The van der Waals surface area contributed by atoms with E-state index < -0.39 is 0 Å². The minimum Gasteiger partial charge on any atom is -0.467 e. The van der Waals surface area contributed by atoms with Gasteiger partial charge < -0.3 is 9.73 Å². The summed E-state index contributed by atoms with van der Waals surface area (Å²) in [5.41, 5.74) is 1.48. The summed E-state index contributed by atoms with van der Waals surface area (Å²) in [6.45, 7) is 2.18. The number of aliphatic imine (C=N–C) groups is 1. The molecule has 0 aliphatic carbocycles. The Morgan fingerprint density at radius 1 is 1.24 bits per heavy atom. The topological polar surface area (TPSA) is 84.5 Å². The first-order valence-corrected chi connectivity index (χ1v) is 7.96. The molecule has 0 bridgehead atoms. The number of guanidine groups is 1. The number of anilines is 1. The van der Waals surface area contributed by atoms with Crippen molar-refractivity contribution in [1.29, 1.82) is 0 Å². The van der Waals surface area contributed by atoms with Gasteiger partial charge in [-0.05, 0) is 24.6 Å². The lowest BCUT2D eigenvalue weighted by molar-refractivity contribution is 0.502. The van der Waals surface area contributed by atoms with Gasteiger partial charge in [0.1, 0.15) is 18.5 Å². The maximum absolute atomic E-state index is 12.5. The van der Waals surface area contributed by atoms with Crippen molar-refractivity contribution in [3.63, 3.8) is 0 Å². The summed E-state index contributed by atoms with van der Waals surface area (Å²) < 4.78 is 6.90. The third kappa shape index (κ3) is 3.03. The van der Waals surface area contributed by atoms with Crippen molar-refractivity contribution in [2.75, 3.05) is 5.32 Å². The molecule has 1 aliphatic rings. The summed E-state index contributed by atoms with van der Waals surface area (Å²) in [6, 6.07) is 14.9. The minimum absolute atomic E-state index is 0.124. The summed E-state index contributed by atoms with van der Waals surface area (Å²) in [5, 5.41) is 6.36. The summed E-state index contributed by atoms with van der Waals surface area (Å²) >= 11 is 0. The zero-order chi connectivity index (χ0) is 17.2. The van der Waals surface area contributed by atoms with Gasteiger partial charge in [-0.2, -0.15) is 0 Å². The summed E-state index contributed by atoms with van der Waals surface area (Å²) in [6.07, 6.45) is 1.23. The largest absolute Gasteiger partial charge is 0.467 e. The van der Waals surface area contributed by atoms with E-state index in [2.05, 4.69) is 20.6 Å². The second kappa shape index (κ2) is 6.27. The molecule has 0 fully saturated rings. The van der Waals surface area contributed by atoms with Crippen LogP contribution < -0.4 is 16.2 Å². The first-order valence-electron chi connectivity index (χ1n) is 7.96. The molecule has 2 N–H and O–H groups in total. The molecular formula is C18H17N5O2. The molecule has 1 aromatic carbocycles. The van der Waals surface area contributed by atoms with Crippen LogP contribution >= 0.6 is 0 Å². The molecule has 4 rings (SSSR count). The van der Waals surface area contributed by atoms with E-state index in [1.165, 1.54) is 6.07 Å². The van der Waals surface area contributed by atoms with E-state index in [1.807, 2.05) is 42.5 Å². The average molecular weight is 335 g/mol. The van der Waals surface area contributed by atoms with Crippen LogP contribution in [0.2, 0.25) is 0 Å². The number of aryl methyl sites for hydroxylation is 1. The van der Waals surface area contributed by atoms with Gasteiger partial charge in [-0.15, -0.1) is 0 Å². The van der Waals surface area contributed by atoms with Gasteiger partial charge >= 0.3 is 0 Å². The molecule has 0 radical (unpaired) electrons. The summed E-state index contributed by atoms with van der Waals surface area (Å²) in [4.78, 5) is 21.5. The Morgan fingerprint density at radius 2 is 2.08 bits per heavy atom. The SMILES string of the molecule is Cc1cc(=O)n2c(n1)NC(=NCc1ccco1)N[C@@H]2c1ccccc1.